The number of ether oxygens (including phenoxy) is 1. The number of halogens is 1. The van der Waals surface area contributed by atoms with Crippen molar-refractivity contribution in [3.05, 3.63) is 51.9 Å². The summed E-state index contributed by atoms with van der Waals surface area (Å²) in [7, 11) is 0. The molecule has 0 radical (unpaired) electrons. The van der Waals surface area contributed by atoms with Crippen molar-refractivity contribution in [3.8, 4) is 0 Å². The van der Waals surface area contributed by atoms with Crippen LogP contribution >= 0.6 is 11.3 Å². The Morgan fingerprint density at radius 1 is 1.21 bits per heavy atom. The lowest BCUT2D eigenvalue weighted by Gasteiger charge is -2.27. The van der Waals surface area contributed by atoms with Crippen LogP contribution < -0.4 is 4.90 Å². The van der Waals surface area contributed by atoms with Gasteiger partial charge in [-0.3, -0.25) is 4.90 Å². The highest BCUT2D eigenvalue weighted by molar-refractivity contribution is 7.18. The molecule has 3 aromatic rings. The standard InChI is InChI=1S/C22H27FN4OS/c1-4-27(13-17-6-5-7-18(23)12-17)21-20-15(2)16(3)29-22(20)25-19(24-21)14-26-8-10-28-11-9-26/h5-7,12H,4,8-11,13-14H2,1-3H3. The third kappa shape index (κ3) is 4.42. The molecule has 0 aliphatic carbocycles. The van der Waals surface area contributed by atoms with Gasteiger partial charge in [0.1, 0.15) is 22.3 Å². The zero-order valence-electron chi connectivity index (χ0n) is 17.2. The van der Waals surface area contributed by atoms with Crippen LogP contribution in [0.15, 0.2) is 24.3 Å². The van der Waals surface area contributed by atoms with Gasteiger partial charge in [0.2, 0.25) is 0 Å². The molecule has 3 heterocycles. The van der Waals surface area contributed by atoms with E-state index in [0.717, 1.165) is 66.8 Å². The van der Waals surface area contributed by atoms with Crippen molar-refractivity contribution in [2.24, 2.45) is 0 Å². The van der Waals surface area contributed by atoms with Gasteiger partial charge in [-0.05, 0) is 44.0 Å². The fraction of sp³-hybridized carbons (Fsp3) is 0.455. The number of hydrogen-bond donors (Lipinski definition) is 0. The minimum Gasteiger partial charge on any atom is -0.379 e. The quantitative estimate of drug-likeness (QED) is 0.601. The molecule has 1 aliphatic rings. The maximum absolute atomic E-state index is 13.7. The molecule has 0 amide bonds. The van der Waals surface area contributed by atoms with Gasteiger partial charge in [-0.25, -0.2) is 14.4 Å². The van der Waals surface area contributed by atoms with Gasteiger partial charge in [0, 0.05) is 31.1 Å². The molecule has 0 spiro atoms. The first-order valence-corrected chi connectivity index (χ1v) is 10.9. The van der Waals surface area contributed by atoms with E-state index in [1.54, 1.807) is 23.5 Å². The second-order valence-corrected chi connectivity index (χ2v) is 8.66. The summed E-state index contributed by atoms with van der Waals surface area (Å²) in [6.45, 7) is 11.8. The first-order valence-electron chi connectivity index (χ1n) is 10.1. The summed E-state index contributed by atoms with van der Waals surface area (Å²) >= 11 is 1.72. The molecule has 2 aromatic heterocycles. The number of nitrogens with zero attached hydrogens (tertiary/aromatic N) is 4. The van der Waals surface area contributed by atoms with E-state index in [0.29, 0.717) is 6.54 Å². The lowest BCUT2D eigenvalue weighted by atomic mass is 10.1. The van der Waals surface area contributed by atoms with Gasteiger partial charge in [0.25, 0.3) is 0 Å². The van der Waals surface area contributed by atoms with E-state index >= 15 is 0 Å². The van der Waals surface area contributed by atoms with Crippen LogP contribution in [-0.4, -0.2) is 47.7 Å². The third-order valence-corrected chi connectivity index (χ3v) is 6.57. The molecular weight excluding hydrogens is 387 g/mol. The van der Waals surface area contributed by atoms with Crippen LogP contribution in [0.25, 0.3) is 10.2 Å². The van der Waals surface area contributed by atoms with E-state index in [4.69, 9.17) is 14.7 Å². The minimum absolute atomic E-state index is 0.207. The summed E-state index contributed by atoms with van der Waals surface area (Å²) in [5.41, 5.74) is 2.17. The molecular formula is C22H27FN4OS. The van der Waals surface area contributed by atoms with Crippen LogP contribution in [-0.2, 0) is 17.8 Å². The van der Waals surface area contributed by atoms with E-state index in [9.17, 15) is 4.39 Å². The molecule has 0 unspecified atom stereocenters. The lowest BCUT2D eigenvalue weighted by Crippen LogP contribution is -2.36. The molecule has 1 saturated heterocycles. The van der Waals surface area contributed by atoms with Crippen molar-refractivity contribution >= 4 is 27.4 Å². The fourth-order valence-electron chi connectivity index (χ4n) is 3.72. The van der Waals surface area contributed by atoms with Gasteiger partial charge >= 0.3 is 0 Å². The summed E-state index contributed by atoms with van der Waals surface area (Å²) in [5, 5.41) is 1.12. The summed E-state index contributed by atoms with van der Waals surface area (Å²) in [6, 6.07) is 6.80. The van der Waals surface area contributed by atoms with Crippen molar-refractivity contribution in [1.29, 1.82) is 0 Å². The van der Waals surface area contributed by atoms with E-state index in [1.807, 2.05) is 6.07 Å². The smallest absolute Gasteiger partial charge is 0.146 e. The molecule has 1 aromatic carbocycles. The van der Waals surface area contributed by atoms with Crippen molar-refractivity contribution in [1.82, 2.24) is 14.9 Å². The van der Waals surface area contributed by atoms with Gasteiger partial charge < -0.3 is 9.64 Å². The second kappa shape index (κ2) is 8.73. The Hall–Kier alpha value is -2.09. The molecule has 4 rings (SSSR count). The van der Waals surface area contributed by atoms with Gasteiger partial charge in [-0.15, -0.1) is 11.3 Å². The molecule has 0 saturated carbocycles. The first-order chi connectivity index (χ1) is 14.0. The summed E-state index contributed by atoms with van der Waals surface area (Å²) in [5.74, 6) is 1.59. The van der Waals surface area contributed by atoms with E-state index in [1.165, 1.54) is 16.5 Å². The van der Waals surface area contributed by atoms with Crippen molar-refractivity contribution < 1.29 is 9.13 Å². The molecule has 1 fully saturated rings. The van der Waals surface area contributed by atoms with Gasteiger partial charge in [0.05, 0.1) is 25.1 Å². The van der Waals surface area contributed by atoms with Crippen LogP contribution in [0.3, 0.4) is 0 Å². The highest BCUT2D eigenvalue weighted by Gasteiger charge is 2.20. The average Bonchev–Trinajstić information content (AvgIpc) is 3.00. The molecule has 5 nitrogen and oxygen atoms in total. The number of rotatable bonds is 6. The van der Waals surface area contributed by atoms with Crippen molar-refractivity contribution in [2.45, 2.75) is 33.9 Å². The van der Waals surface area contributed by atoms with E-state index in [2.05, 4.69) is 30.6 Å². The Balaban J connectivity index is 1.73. The topological polar surface area (TPSA) is 41.5 Å². The highest BCUT2D eigenvalue weighted by Crippen LogP contribution is 2.35. The van der Waals surface area contributed by atoms with E-state index < -0.39 is 0 Å². The molecule has 0 N–H and O–H groups in total. The largest absolute Gasteiger partial charge is 0.379 e. The average molecular weight is 415 g/mol. The number of anilines is 1. The zero-order valence-corrected chi connectivity index (χ0v) is 18.1. The number of fused-ring (bicyclic) bond motifs is 1. The van der Waals surface area contributed by atoms with Gasteiger partial charge in [-0.1, -0.05) is 12.1 Å². The molecule has 7 heteroatoms. The van der Waals surface area contributed by atoms with Crippen LogP contribution in [0.1, 0.15) is 28.8 Å². The number of benzene rings is 1. The lowest BCUT2D eigenvalue weighted by molar-refractivity contribution is 0.0331. The Morgan fingerprint density at radius 3 is 2.72 bits per heavy atom. The van der Waals surface area contributed by atoms with Crippen LogP contribution in [0.4, 0.5) is 10.2 Å². The maximum atomic E-state index is 13.7. The Bertz CT molecular complexity index is 1000. The van der Waals surface area contributed by atoms with Crippen LogP contribution in [0, 0.1) is 19.7 Å². The number of morpholine rings is 1. The number of thiophene rings is 1. The predicted molar refractivity (Wildman–Crippen MR) is 116 cm³/mol. The molecule has 154 valence electrons. The molecule has 0 bridgehead atoms. The SMILES string of the molecule is CCN(Cc1cccc(F)c1)c1nc(CN2CCOCC2)nc2sc(C)c(C)c12. The predicted octanol–water partition coefficient (Wildman–Crippen LogP) is 4.31. The molecule has 1 aliphatic heterocycles. The van der Waals surface area contributed by atoms with Gasteiger partial charge in [-0.2, -0.15) is 0 Å². The van der Waals surface area contributed by atoms with Crippen molar-refractivity contribution in [2.75, 3.05) is 37.7 Å². The zero-order chi connectivity index (χ0) is 20.4. The normalized spacial score (nSPS) is 15.2. The van der Waals surface area contributed by atoms with Crippen LogP contribution in [0.5, 0.6) is 0 Å². The van der Waals surface area contributed by atoms with E-state index in [-0.39, 0.29) is 5.82 Å². The number of hydrogen-bond acceptors (Lipinski definition) is 6. The Morgan fingerprint density at radius 2 is 2.00 bits per heavy atom. The molecule has 0 atom stereocenters. The minimum atomic E-state index is -0.207. The summed E-state index contributed by atoms with van der Waals surface area (Å²) in [4.78, 5) is 16.8. The van der Waals surface area contributed by atoms with Crippen LogP contribution in [0.2, 0.25) is 0 Å². The summed E-state index contributed by atoms with van der Waals surface area (Å²) in [6.07, 6.45) is 0. The second-order valence-electron chi connectivity index (χ2n) is 7.46. The number of aryl methyl sites for hydroxylation is 2. The first kappa shape index (κ1) is 20.2. The van der Waals surface area contributed by atoms with Crippen molar-refractivity contribution in [3.63, 3.8) is 0 Å². The molecule has 29 heavy (non-hydrogen) atoms. The monoisotopic (exact) mass is 414 g/mol. The number of aromatic nitrogens is 2. The third-order valence-electron chi connectivity index (χ3n) is 5.47. The summed E-state index contributed by atoms with van der Waals surface area (Å²) < 4.78 is 19.2. The Kier molecular flexibility index (Phi) is 6.08. The fourth-order valence-corrected chi connectivity index (χ4v) is 4.77. The Labute approximate surface area is 175 Å². The van der Waals surface area contributed by atoms with Gasteiger partial charge in [0.15, 0.2) is 0 Å². The highest BCUT2D eigenvalue weighted by atomic mass is 32.1. The maximum Gasteiger partial charge on any atom is 0.146 e.